The molecule has 0 spiro atoms. The summed E-state index contributed by atoms with van der Waals surface area (Å²) in [5, 5.41) is 5.09. The predicted octanol–water partition coefficient (Wildman–Crippen LogP) is 8.83. The van der Waals surface area contributed by atoms with Gasteiger partial charge in [0, 0.05) is 23.4 Å². The summed E-state index contributed by atoms with van der Waals surface area (Å²) < 4.78 is 31.5. The van der Waals surface area contributed by atoms with Crippen LogP contribution in [0.2, 0.25) is 0 Å². The number of benzene rings is 1. The quantitative estimate of drug-likeness (QED) is 0.247. The molecule has 2 nitrogen and oxygen atoms in total. The maximum absolute atomic E-state index is 15.1. The van der Waals surface area contributed by atoms with Gasteiger partial charge in [0.05, 0.1) is 5.69 Å². The average Bonchev–Trinajstić information content (AvgIpc) is 3.23. The summed E-state index contributed by atoms with van der Waals surface area (Å²) >= 11 is 0. The molecule has 0 saturated heterocycles. The van der Waals surface area contributed by atoms with Gasteiger partial charge in [0.1, 0.15) is 0 Å². The predicted molar refractivity (Wildman–Crippen MR) is 141 cm³/mol. The third kappa shape index (κ3) is 6.11. The van der Waals surface area contributed by atoms with Gasteiger partial charge in [-0.3, -0.25) is 4.68 Å². The third-order valence-electron chi connectivity index (χ3n) is 7.59. The molecular weight excluding hydrogens is 438 g/mol. The molecule has 1 aromatic heterocycles. The van der Waals surface area contributed by atoms with Crippen LogP contribution in [0.25, 0.3) is 16.7 Å². The SMILES string of the molecule is C=C=CCCCC1CCC(Cn2nc(C3=CC=CCC3)c(-c3cccc(F)c3F)c2CCC)CC1. The molecule has 1 heterocycles. The fourth-order valence-electron chi connectivity index (χ4n) is 5.70. The van der Waals surface area contributed by atoms with E-state index in [2.05, 4.69) is 42.1 Å². The molecule has 4 rings (SSSR count). The molecule has 35 heavy (non-hydrogen) atoms. The smallest absolute Gasteiger partial charge is 0.166 e. The van der Waals surface area contributed by atoms with Crippen LogP contribution in [0.5, 0.6) is 0 Å². The molecule has 2 aliphatic rings. The molecule has 0 radical (unpaired) electrons. The van der Waals surface area contributed by atoms with Crippen LogP contribution >= 0.6 is 0 Å². The second-order valence-corrected chi connectivity index (χ2v) is 10.1. The van der Waals surface area contributed by atoms with Crippen molar-refractivity contribution in [1.82, 2.24) is 9.78 Å². The summed E-state index contributed by atoms with van der Waals surface area (Å²) in [6, 6.07) is 4.50. The van der Waals surface area contributed by atoms with Gasteiger partial charge in [-0.1, -0.05) is 69.5 Å². The van der Waals surface area contributed by atoms with Gasteiger partial charge >= 0.3 is 0 Å². The Bertz CT molecular complexity index is 1110. The van der Waals surface area contributed by atoms with Gasteiger partial charge in [0.15, 0.2) is 11.6 Å². The highest BCUT2D eigenvalue weighted by Gasteiger charge is 2.27. The molecule has 186 valence electrons. The van der Waals surface area contributed by atoms with Crippen molar-refractivity contribution in [3.63, 3.8) is 0 Å². The molecule has 0 N–H and O–H groups in total. The first-order chi connectivity index (χ1) is 17.1. The van der Waals surface area contributed by atoms with Crippen molar-refractivity contribution >= 4 is 5.57 Å². The van der Waals surface area contributed by atoms with E-state index in [4.69, 9.17) is 5.10 Å². The zero-order chi connectivity index (χ0) is 24.6. The normalized spacial score (nSPS) is 19.9. The second kappa shape index (κ2) is 12.3. The fraction of sp³-hybridized carbons (Fsp3) is 0.484. The number of nitrogens with zero attached hydrogens (tertiary/aromatic N) is 2. The van der Waals surface area contributed by atoms with Crippen molar-refractivity contribution in [3.05, 3.63) is 77.8 Å². The number of halogens is 2. The van der Waals surface area contributed by atoms with E-state index in [0.29, 0.717) is 11.5 Å². The van der Waals surface area contributed by atoms with Gasteiger partial charge < -0.3 is 0 Å². The Morgan fingerprint density at radius 1 is 1.17 bits per heavy atom. The third-order valence-corrected chi connectivity index (χ3v) is 7.59. The molecule has 1 saturated carbocycles. The van der Waals surface area contributed by atoms with Gasteiger partial charge in [-0.05, 0) is 74.5 Å². The number of unbranched alkanes of at least 4 members (excludes halogenated alkanes) is 1. The van der Waals surface area contributed by atoms with Crippen LogP contribution in [-0.4, -0.2) is 9.78 Å². The van der Waals surface area contributed by atoms with Gasteiger partial charge in [-0.2, -0.15) is 5.10 Å². The van der Waals surface area contributed by atoms with Crippen LogP contribution in [0.4, 0.5) is 8.78 Å². The van der Waals surface area contributed by atoms with Crippen LogP contribution < -0.4 is 0 Å². The van der Waals surface area contributed by atoms with Crippen LogP contribution in [0, 0.1) is 23.5 Å². The van der Waals surface area contributed by atoms with Gasteiger partial charge in [0.2, 0.25) is 0 Å². The Morgan fingerprint density at radius 3 is 2.69 bits per heavy atom. The first-order valence-electron chi connectivity index (χ1n) is 13.4. The van der Waals surface area contributed by atoms with Crippen molar-refractivity contribution in [2.45, 2.75) is 84.1 Å². The number of hydrogen-bond donors (Lipinski definition) is 0. The van der Waals surface area contributed by atoms with Crippen LogP contribution in [0.3, 0.4) is 0 Å². The summed E-state index contributed by atoms with van der Waals surface area (Å²) in [6.07, 6.45) is 20.4. The second-order valence-electron chi connectivity index (χ2n) is 10.1. The summed E-state index contributed by atoms with van der Waals surface area (Å²) in [6.45, 7) is 6.64. The van der Waals surface area contributed by atoms with Gasteiger partial charge in [-0.25, -0.2) is 8.78 Å². The van der Waals surface area contributed by atoms with Crippen molar-refractivity contribution in [2.24, 2.45) is 11.8 Å². The minimum Gasteiger partial charge on any atom is -0.268 e. The fourth-order valence-corrected chi connectivity index (χ4v) is 5.70. The lowest BCUT2D eigenvalue weighted by molar-refractivity contribution is 0.233. The molecular formula is C31H38F2N2. The van der Waals surface area contributed by atoms with Crippen molar-refractivity contribution in [3.8, 4) is 11.1 Å². The topological polar surface area (TPSA) is 17.8 Å². The lowest BCUT2D eigenvalue weighted by atomic mass is 9.80. The number of aromatic nitrogens is 2. The van der Waals surface area contributed by atoms with E-state index in [9.17, 15) is 4.39 Å². The van der Waals surface area contributed by atoms with Crippen LogP contribution in [0.1, 0.15) is 82.5 Å². The van der Waals surface area contributed by atoms with Crippen LogP contribution in [0.15, 0.2) is 54.8 Å². The number of rotatable bonds is 10. The summed E-state index contributed by atoms with van der Waals surface area (Å²) in [5.74, 6) is -0.190. The van der Waals surface area contributed by atoms with E-state index >= 15 is 4.39 Å². The summed E-state index contributed by atoms with van der Waals surface area (Å²) in [5.41, 5.74) is 6.97. The zero-order valence-electron chi connectivity index (χ0n) is 21.0. The van der Waals surface area contributed by atoms with E-state index in [1.165, 1.54) is 44.6 Å². The Morgan fingerprint density at radius 2 is 1.97 bits per heavy atom. The number of hydrogen-bond acceptors (Lipinski definition) is 1. The minimum atomic E-state index is -0.803. The van der Waals surface area contributed by atoms with E-state index in [-0.39, 0.29) is 0 Å². The van der Waals surface area contributed by atoms with Crippen molar-refractivity contribution in [2.75, 3.05) is 0 Å². The Hall–Kier alpha value is -2.71. The Kier molecular flexibility index (Phi) is 8.93. The van der Waals surface area contributed by atoms with E-state index in [0.717, 1.165) is 67.1 Å². The first kappa shape index (κ1) is 25.4. The highest BCUT2D eigenvalue weighted by molar-refractivity contribution is 5.82. The highest BCUT2D eigenvalue weighted by atomic mass is 19.2. The molecule has 0 unspecified atom stereocenters. The molecule has 0 bridgehead atoms. The average molecular weight is 477 g/mol. The van der Waals surface area contributed by atoms with Crippen molar-refractivity contribution in [1.29, 1.82) is 0 Å². The van der Waals surface area contributed by atoms with Gasteiger partial charge in [0.25, 0.3) is 0 Å². The highest BCUT2D eigenvalue weighted by Crippen LogP contribution is 2.39. The summed E-state index contributed by atoms with van der Waals surface area (Å²) in [4.78, 5) is 0. The Labute approximate surface area is 209 Å². The maximum Gasteiger partial charge on any atom is 0.166 e. The van der Waals surface area contributed by atoms with Crippen LogP contribution in [-0.2, 0) is 13.0 Å². The molecule has 0 amide bonds. The molecule has 4 heteroatoms. The van der Waals surface area contributed by atoms with E-state index in [1.54, 1.807) is 12.1 Å². The first-order valence-corrected chi connectivity index (χ1v) is 13.4. The summed E-state index contributed by atoms with van der Waals surface area (Å²) in [7, 11) is 0. The lowest BCUT2D eigenvalue weighted by Gasteiger charge is -2.29. The standard InChI is InChI=1S/C31H38F2N2/c1-3-5-6-8-13-23-18-20-24(21-19-23)22-35-28(12-4-2)29(26-16-11-17-27(32)30(26)33)31(34-35)25-14-9-7-10-15-25/h5,7,9,11,14,16-17,23-24H,1,4,6,8,10,12-13,15,18-22H2,2H3. The van der Waals surface area contributed by atoms with E-state index in [1.807, 2.05) is 6.08 Å². The molecule has 0 aliphatic heterocycles. The van der Waals surface area contributed by atoms with E-state index < -0.39 is 11.6 Å². The van der Waals surface area contributed by atoms with Gasteiger partial charge in [-0.15, -0.1) is 5.73 Å². The molecule has 0 atom stereocenters. The molecule has 2 aromatic rings. The number of allylic oxidation sites excluding steroid dienone is 5. The molecule has 2 aliphatic carbocycles. The largest absolute Gasteiger partial charge is 0.268 e. The lowest BCUT2D eigenvalue weighted by Crippen LogP contribution is -2.21. The minimum absolute atomic E-state index is 0.336. The Balaban J connectivity index is 1.61. The molecule has 1 aromatic carbocycles. The maximum atomic E-state index is 15.1. The van der Waals surface area contributed by atoms with Crippen molar-refractivity contribution < 1.29 is 8.78 Å². The molecule has 1 fully saturated rings. The monoisotopic (exact) mass is 476 g/mol. The zero-order valence-corrected chi connectivity index (χ0v) is 21.0.